The summed E-state index contributed by atoms with van der Waals surface area (Å²) < 4.78 is 44.0. The van der Waals surface area contributed by atoms with Crippen molar-refractivity contribution in [2.24, 2.45) is 5.92 Å². The smallest absolute Gasteiger partial charge is 0.309 e. The number of likely N-dealkylation sites (tertiary alicyclic amines) is 1. The molecule has 1 N–H and O–H groups in total. The first kappa shape index (κ1) is 28.2. The number of fused-ring (bicyclic) bond motifs is 1. The number of ether oxygens (including phenoxy) is 3. The van der Waals surface area contributed by atoms with Crippen LogP contribution in [0.5, 0.6) is 17.2 Å². The molecule has 2 aromatic carbocycles. The van der Waals surface area contributed by atoms with Crippen molar-refractivity contribution in [1.29, 1.82) is 0 Å². The Hall–Kier alpha value is -2.82. The minimum absolute atomic E-state index is 0.128. The molecule has 208 valence electrons. The largest absolute Gasteiger partial charge is 0.497 e. The zero-order valence-electron chi connectivity index (χ0n) is 22.3. The first-order chi connectivity index (χ1) is 18.3. The zero-order chi connectivity index (χ0) is 27.3. The molecule has 3 atom stereocenters. The second-order valence-electron chi connectivity index (χ2n) is 9.86. The number of carboxylic acids is 1. The number of benzene rings is 2. The molecule has 0 saturated carbocycles. The molecule has 0 radical (unpaired) electrons. The normalized spacial score (nSPS) is 21.2. The third kappa shape index (κ3) is 6.08. The van der Waals surface area contributed by atoms with Crippen LogP contribution in [0.1, 0.15) is 56.2 Å². The lowest BCUT2D eigenvalue weighted by Crippen LogP contribution is -2.40. The predicted molar refractivity (Wildman–Crippen MR) is 144 cm³/mol. The average Bonchev–Trinajstić information content (AvgIpc) is 3.54. The van der Waals surface area contributed by atoms with Gasteiger partial charge in [0.25, 0.3) is 0 Å². The maximum Gasteiger partial charge on any atom is 0.309 e. The van der Waals surface area contributed by atoms with Crippen molar-refractivity contribution in [2.45, 2.75) is 45.1 Å². The van der Waals surface area contributed by atoms with Gasteiger partial charge in [0.1, 0.15) is 5.75 Å². The molecule has 2 aromatic rings. The molecule has 0 bridgehead atoms. The number of carbonyl (C=O) groups is 1. The highest BCUT2D eigenvalue weighted by Crippen LogP contribution is 2.47. The monoisotopic (exact) mass is 546 g/mol. The highest BCUT2D eigenvalue weighted by atomic mass is 32.2. The Morgan fingerprint density at radius 3 is 2.42 bits per heavy atom. The number of methoxy groups -OCH3 is 1. The minimum Gasteiger partial charge on any atom is -0.497 e. The van der Waals surface area contributed by atoms with Gasteiger partial charge in [0, 0.05) is 38.1 Å². The Bertz CT molecular complexity index is 1200. The van der Waals surface area contributed by atoms with E-state index in [-0.39, 0.29) is 18.5 Å². The molecule has 0 amide bonds. The van der Waals surface area contributed by atoms with Gasteiger partial charge in [0.05, 0.1) is 18.8 Å². The van der Waals surface area contributed by atoms with E-state index in [0.29, 0.717) is 56.3 Å². The summed E-state index contributed by atoms with van der Waals surface area (Å²) in [6, 6.07) is 12.6. The molecule has 38 heavy (non-hydrogen) atoms. The molecule has 2 aliphatic rings. The molecule has 2 heterocycles. The Labute approximate surface area is 225 Å². The van der Waals surface area contributed by atoms with Crippen LogP contribution in [0.4, 0.5) is 0 Å². The van der Waals surface area contributed by atoms with E-state index in [2.05, 4.69) is 4.90 Å². The molecule has 0 unspecified atom stereocenters. The van der Waals surface area contributed by atoms with Crippen molar-refractivity contribution in [3.05, 3.63) is 53.6 Å². The number of hydrogen-bond acceptors (Lipinski definition) is 7. The average molecular weight is 547 g/mol. The molecule has 0 aliphatic carbocycles. The van der Waals surface area contributed by atoms with E-state index in [1.807, 2.05) is 56.3 Å². The van der Waals surface area contributed by atoms with Crippen LogP contribution in [0.15, 0.2) is 42.5 Å². The quantitative estimate of drug-likeness (QED) is 0.400. The fraction of sp³-hybridized carbons (Fsp3) is 0.536. The van der Waals surface area contributed by atoms with E-state index in [1.165, 1.54) is 0 Å². The lowest BCUT2D eigenvalue weighted by molar-refractivity contribution is -0.143. The Morgan fingerprint density at radius 2 is 1.76 bits per heavy atom. The van der Waals surface area contributed by atoms with Gasteiger partial charge in [0.15, 0.2) is 11.5 Å². The van der Waals surface area contributed by atoms with Crippen molar-refractivity contribution < 1.29 is 32.5 Å². The Balaban J connectivity index is 1.66. The summed E-state index contributed by atoms with van der Waals surface area (Å²) in [5, 5.41) is 10.5. The third-order valence-corrected chi connectivity index (χ3v) is 9.38. The lowest BCUT2D eigenvalue weighted by atomic mass is 9.82. The van der Waals surface area contributed by atoms with E-state index in [0.717, 1.165) is 17.5 Å². The SMILES string of the molecule is CCCCS(=O)(=O)N(CCC)CCN1C[C@H](c2ccc3c(c2)OCO3)[C@H](C(=O)O)[C@H]1c1ccc(OC)cc1. The number of rotatable bonds is 13. The molecule has 4 rings (SSSR count). The van der Waals surface area contributed by atoms with Crippen molar-refractivity contribution in [3.63, 3.8) is 0 Å². The van der Waals surface area contributed by atoms with Crippen molar-refractivity contribution in [3.8, 4) is 17.2 Å². The van der Waals surface area contributed by atoms with E-state index >= 15 is 0 Å². The molecule has 0 aromatic heterocycles. The van der Waals surface area contributed by atoms with Crippen LogP contribution >= 0.6 is 0 Å². The topological polar surface area (TPSA) is 106 Å². The van der Waals surface area contributed by atoms with Crippen LogP contribution in [0.3, 0.4) is 0 Å². The van der Waals surface area contributed by atoms with Gasteiger partial charge in [-0.15, -0.1) is 0 Å². The van der Waals surface area contributed by atoms with Gasteiger partial charge in [0.2, 0.25) is 16.8 Å². The van der Waals surface area contributed by atoms with E-state index < -0.39 is 28.0 Å². The predicted octanol–water partition coefficient (Wildman–Crippen LogP) is 4.11. The lowest BCUT2D eigenvalue weighted by Gasteiger charge is -2.30. The van der Waals surface area contributed by atoms with Gasteiger partial charge in [-0.05, 0) is 48.2 Å². The molecular formula is C28H38N2O7S. The van der Waals surface area contributed by atoms with Crippen LogP contribution in [0.25, 0.3) is 0 Å². The summed E-state index contributed by atoms with van der Waals surface area (Å²) >= 11 is 0. The molecule has 10 heteroatoms. The Morgan fingerprint density at radius 1 is 1.05 bits per heavy atom. The summed E-state index contributed by atoms with van der Waals surface area (Å²) in [7, 11) is -1.80. The van der Waals surface area contributed by atoms with Crippen molar-refractivity contribution >= 4 is 16.0 Å². The third-order valence-electron chi connectivity index (χ3n) is 7.42. The first-order valence-electron chi connectivity index (χ1n) is 13.3. The van der Waals surface area contributed by atoms with Gasteiger partial charge in [-0.2, -0.15) is 0 Å². The summed E-state index contributed by atoms with van der Waals surface area (Å²) in [6.07, 6.45) is 2.14. The second-order valence-corrected chi connectivity index (χ2v) is 12.0. The van der Waals surface area contributed by atoms with Gasteiger partial charge in [-0.1, -0.05) is 38.5 Å². The van der Waals surface area contributed by atoms with Crippen LogP contribution in [-0.4, -0.2) is 74.5 Å². The molecule has 9 nitrogen and oxygen atoms in total. The summed E-state index contributed by atoms with van der Waals surface area (Å²) in [5.74, 6) is 0.135. The summed E-state index contributed by atoms with van der Waals surface area (Å²) in [4.78, 5) is 14.9. The molecule has 2 aliphatic heterocycles. The molecule has 1 saturated heterocycles. The van der Waals surface area contributed by atoms with Crippen molar-refractivity contribution in [2.75, 3.05) is 45.8 Å². The fourth-order valence-corrected chi connectivity index (χ4v) is 7.21. The number of nitrogens with zero attached hydrogens (tertiary/aromatic N) is 2. The number of hydrogen-bond donors (Lipinski definition) is 1. The van der Waals surface area contributed by atoms with Crippen molar-refractivity contribution in [1.82, 2.24) is 9.21 Å². The first-order valence-corrected chi connectivity index (χ1v) is 14.9. The molecular weight excluding hydrogens is 508 g/mol. The maximum absolute atomic E-state index is 13.0. The highest BCUT2D eigenvalue weighted by Gasteiger charge is 2.47. The van der Waals surface area contributed by atoms with Gasteiger partial charge in [-0.25, -0.2) is 12.7 Å². The second kappa shape index (κ2) is 12.4. The maximum atomic E-state index is 13.0. The van der Waals surface area contributed by atoms with E-state index in [1.54, 1.807) is 11.4 Å². The molecule has 1 fully saturated rings. The minimum atomic E-state index is -3.39. The van der Waals surface area contributed by atoms with Crippen LogP contribution < -0.4 is 14.2 Å². The Kier molecular flexibility index (Phi) is 9.17. The van der Waals surface area contributed by atoms with E-state index in [9.17, 15) is 18.3 Å². The highest BCUT2D eigenvalue weighted by molar-refractivity contribution is 7.89. The number of aliphatic carboxylic acids is 1. The zero-order valence-corrected chi connectivity index (χ0v) is 23.2. The fourth-order valence-electron chi connectivity index (χ4n) is 5.48. The van der Waals surface area contributed by atoms with Gasteiger partial charge in [-0.3, -0.25) is 9.69 Å². The number of unbranched alkanes of at least 4 members (excludes halogenated alkanes) is 1. The van der Waals surface area contributed by atoms with Gasteiger partial charge < -0.3 is 19.3 Å². The number of sulfonamides is 1. The standard InChI is InChI=1S/C28H38N2O7S/c1-4-6-16-38(33,34)30(13-5-2)15-14-29-18-23(21-9-12-24-25(17-21)37-19-36-24)26(28(31)32)27(29)20-7-10-22(35-3)11-8-20/h7-12,17,23,26-27H,4-6,13-16,18-19H2,1-3H3,(H,31,32)/t23-,26+,27-/m1/s1. The van der Waals surface area contributed by atoms with Crippen LogP contribution in [0.2, 0.25) is 0 Å². The van der Waals surface area contributed by atoms with Gasteiger partial charge >= 0.3 is 5.97 Å². The summed E-state index contributed by atoms with van der Waals surface area (Å²) in [5.41, 5.74) is 1.72. The number of carboxylic acid groups (broad SMARTS) is 1. The summed E-state index contributed by atoms with van der Waals surface area (Å²) in [6.45, 7) is 5.75. The van der Waals surface area contributed by atoms with E-state index in [4.69, 9.17) is 14.2 Å². The van der Waals surface area contributed by atoms with Crippen LogP contribution in [0, 0.1) is 5.92 Å². The van der Waals surface area contributed by atoms with Crippen LogP contribution in [-0.2, 0) is 14.8 Å². The molecule has 0 spiro atoms.